The van der Waals surface area contributed by atoms with Crippen molar-refractivity contribution >= 4 is 22.7 Å². The smallest absolute Gasteiger partial charge is 0.289 e. The molecule has 1 saturated heterocycles. The van der Waals surface area contributed by atoms with Crippen LogP contribution >= 0.6 is 0 Å². The molecule has 3 rings (SSSR count). The number of hydrogen-bond donors (Lipinski definition) is 2. The standard InChI is InChI=1S/C15H17N3O3/c16-14(17-20)10-5-7-18(8-6-10)15(19)13-9-11-3-1-2-4-12(11)21-13/h1-4,9-10,20H,5-8H2,(H2,16,17). The third-order valence-electron chi connectivity index (χ3n) is 3.95. The number of hydrogen-bond acceptors (Lipinski definition) is 4. The fourth-order valence-corrected chi connectivity index (χ4v) is 2.70. The van der Waals surface area contributed by atoms with Gasteiger partial charge in [-0.25, -0.2) is 0 Å². The molecular weight excluding hydrogens is 270 g/mol. The Kier molecular flexibility index (Phi) is 3.51. The Morgan fingerprint density at radius 1 is 1.33 bits per heavy atom. The van der Waals surface area contributed by atoms with Gasteiger partial charge < -0.3 is 20.3 Å². The molecule has 0 unspecified atom stereocenters. The summed E-state index contributed by atoms with van der Waals surface area (Å²) in [6.45, 7) is 1.16. The van der Waals surface area contributed by atoms with Gasteiger partial charge in [0.05, 0.1) is 0 Å². The van der Waals surface area contributed by atoms with Crippen LogP contribution in [0.1, 0.15) is 23.4 Å². The maximum absolute atomic E-state index is 12.4. The normalized spacial score (nSPS) is 17.3. The summed E-state index contributed by atoms with van der Waals surface area (Å²) in [6.07, 6.45) is 1.39. The van der Waals surface area contributed by atoms with E-state index < -0.39 is 0 Å². The van der Waals surface area contributed by atoms with Crippen molar-refractivity contribution in [3.8, 4) is 0 Å². The Hall–Kier alpha value is -2.50. The quantitative estimate of drug-likeness (QED) is 0.382. The highest BCUT2D eigenvalue weighted by atomic mass is 16.4. The molecule has 6 heteroatoms. The first-order valence-corrected chi connectivity index (χ1v) is 6.94. The van der Waals surface area contributed by atoms with E-state index in [0.29, 0.717) is 37.3 Å². The maximum atomic E-state index is 12.4. The molecule has 110 valence electrons. The van der Waals surface area contributed by atoms with E-state index in [4.69, 9.17) is 15.4 Å². The first kappa shape index (κ1) is 13.5. The zero-order chi connectivity index (χ0) is 14.8. The predicted octanol–water partition coefficient (Wildman–Crippen LogP) is 2.03. The van der Waals surface area contributed by atoms with Crippen LogP contribution in [0.25, 0.3) is 11.0 Å². The van der Waals surface area contributed by atoms with Gasteiger partial charge in [0.15, 0.2) is 5.76 Å². The number of oxime groups is 1. The Labute approximate surface area is 121 Å². The monoisotopic (exact) mass is 287 g/mol. The Morgan fingerprint density at radius 2 is 2.05 bits per heavy atom. The summed E-state index contributed by atoms with van der Waals surface area (Å²) in [5.41, 5.74) is 6.32. The number of piperidine rings is 1. The first-order valence-electron chi connectivity index (χ1n) is 6.94. The maximum Gasteiger partial charge on any atom is 0.289 e. The second kappa shape index (κ2) is 5.47. The largest absolute Gasteiger partial charge is 0.451 e. The number of benzene rings is 1. The molecule has 0 atom stereocenters. The van der Waals surface area contributed by atoms with E-state index in [2.05, 4.69) is 5.16 Å². The average molecular weight is 287 g/mol. The molecule has 3 N–H and O–H groups in total. The molecule has 0 saturated carbocycles. The lowest BCUT2D eigenvalue weighted by Gasteiger charge is -2.30. The lowest BCUT2D eigenvalue weighted by atomic mass is 9.96. The fraction of sp³-hybridized carbons (Fsp3) is 0.333. The number of para-hydroxylation sites is 1. The van der Waals surface area contributed by atoms with Gasteiger partial charge in [-0.2, -0.15) is 0 Å². The van der Waals surface area contributed by atoms with Crippen molar-refractivity contribution in [1.82, 2.24) is 4.90 Å². The van der Waals surface area contributed by atoms with Gasteiger partial charge in [0.2, 0.25) is 0 Å². The Bertz CT molecular complexity index is 651. The summed E-state index contributed by atoms with van der Waals surface area (Å²) in [7, 11) is 0. The van der Waals surface area contributed by atoms with Crippen LogP contribution in [0.2, 0.25) is 0 Å². The average Bonchev–Trinajstić information content (AvgIpc) is 2.97. The number of furan rings is 1. The molecule has 0 radical (unpaired) electrons. The van der Waals surface area contributed by atoms with Gasteiger partial charge in [0.1, 0.15) is 11.4 Å². The molecule has 1 amide bonds. The van der Waals surface area contributed by atoms with Crippen molar-refractivity contribution in [2.45, 2.75) is 12.8 Å². The van der Waals surface area contributed by atoms with Crippen LogP contribution in [0.3, 0.4) is 0 Å². The van der Waals surface area contributed by atoms with Gasteiger partial charge in [-0.1, -0.05) is 23.4 Å². The second-order valence-corrected chi connectivity index (χ2v) is 5.24. The lowest BCUT2D eigenvalue weighted by molar-refractivity contribution is 0.0679. The zero-order valence-corrected chi connectivity index (χ0v) is 11.5. The van der Waals surface area contributed by atoms with Crippen LogP contribution in [0, 0.1) is 5.92 Å². The van der Waals surface area contributed by atoms with E-state index in [1.165, 1.54) is 0 Å². The number of nitrogens with two attached hydrogens (primary N) is 1. The van der Waals surface area contributed by atoms with E-state index >= 15 is 0 Å². The van der Waals surface area contributed by atoms with Crippen molar-refractivity contribution in [1.29, 1.82) is 0 Å². The van der Waals surface area contributed by atoms with Crippen molar-refractivity contribution < 1.29 is 14.4 Å². The minimum Gasteiger partial charge on any atom is -0.451 e. The molecule has 1 aromatic heterocycles. The van der Waals surface area contributed by atoms with E-state index in [9.17, 15) is 4.79 Å². The van der Waals surface area contributed by atoms with E-state index in [1.54, 1.807) is 11.0 Å². The molecule has 0 bridgehead atoms. The summed E-state index contributed by atoms with van der Waals surface area (Å²) in [4.78, 5) is 14.2. The zero-order valence-electron chi connectivity index (χ0n) is 11.5. The van der Waals surface area contributed by atoms with E-state index in [-0.39, 0.29) is 17.7 Å². The predicted molar refractivity (Wildman–Crippen MR) is 78.3 cm³/mol. The molecule has 1 aliphatic rings. The summed E-state index contributed by atoms with van der Waals surface area (Å²) in [6, 6.07) is 9.32. The van der Waals surface area contributed by atoms with Crippen molar-refractivity contribution in [2.24, 2.45) is 16.8 Å². The Morgan fingerprint density at radius 3 is 2.71 bits per heavy atom. The van der Waals surface area contributed by atoms with Gasteiger partial charge in [-0.15, -0.1) is 0 Å². The number of rotatable bonds is 2. The number of amides is 1. The Balaban J connectivity index is 1.72. The second-order valence-electron chi connectivity index (χ2n) is 5.24. The van der Waals surface area contributed by atoms with Crippen molar-refractivity contribution in [3.05, 3.63) is 36.1 Å². The minimum absolute atomic E-state index is 0.0368. The summed E-state index contributed by atoms with van der Waals surface area (Å²) in [5.74, 6) is 0.531. The van der Waals surface area contributed by atoms with Crippen LogP contribution in [0.15, 0.2) is 39.9 Å². The number of fused-ring (bicyclic) bond motifs is 1. The number of carbonyl (C=O) groups is 1. The van der Waals surface area contributed by atoms with Crippen LogP contribution in [-0.4, -0.2) is 34.9 Å². The van der Waals surface area contributed by atoms with E-state index in [1.807, 2.05) is 24.3 Å². The summed E-state index contributed by atoms with van der Waals surface area (Å²) < 4.78 is 5.60. The van der Waals surface area contributed by atoms with Crippen LogP contribution in [0.5, 0.6) is 0 Å². The third-order valence-corrected chi connectivity index (χ3v) is 3.95. The summed E-state index contributed by atoms with van der Waals surface area (Å²) >= 11 is 0. The molecule has 0 spiro atoms. The van der Waals surface area contributed by atoms with Crippen molar-refractivity contribution in [2.75, 3.05) is 13.1 Å². The molecule has 1 fully saturated rings. The highest BCUT2D eigenvalue weighted by Crippen LogP contribution is 2.23. The topological polar surface area (TPSA) is 92.1 Å². The van der Waals surface area contributed by atoms with Gasteiger partial charge in [-0.3, -0.25) is 4.79 Å². The molecular formula is C15H17N3O3. The van der Waals surface area contributed by atoms with Crippen LogP contribution < -0.4 is 5.73 Å². The molecule has 0 aliphatic carbocycles. The third kappa shape index (κ3) is 2.56. The molecule has 1 aliphatic heterocycles. The SMILES string of the molecule is NC(=NO)C1CCN(C(=O)c2cc3ccccc3o2)CC1. The van der Waals surface area contributed by atoms with Gasteiger partial charge in [0, 0.05) is 24.4 Å². The molecule has 2 heterocycles. The van der Waals surface area contributed by atoms with Crippen LogP contribution in [0.4, 0.5) is 0 Å². The van der Waals surface area contributed by atoms with Crippen molar-refractivity contribution in [3.63, 3.8) is 0 Å². The minimum atomic E-state index is -0.107. The molecule has 21 heavy (non-hydrogen) atoms. The lowest BCUT2D eigenvalue weighted by Crippen LogP contribution is -2.41. The molecule has 6 nitrogen and oxygen atoms in total. The van der Waals surface area contributed by atoms with Gasteiger partial charge in [-0.05, 0) is 25.0 Å². The number of nitrogens with zero attached hydrogens (tertiary/aromatic N) is 2. The summed E-state index contributed by atoms with van der Waals surface area (Å²) in [5, 5.41) is 12.7. The highest BCUT2D eigenvalue weighted by molar-refractivity contribution is 5.96. The number of amidine groups is 1. The number of likely N-dealkylation sites (tertiary alicyclic amines) is 1. The first-order chi connectivity index (χ1) is 10.2. The molecule has 2 aromatic rings. The van der Waals surface area contributed by atoms with Gasteiger partial charge in [0.25, 0.3) is 5.91 Å². The molecule has 1 aromatic carbocycles. The number of carbonyl (C=O) groups excluding carboxylic acids is 1. The van der Waals surface area contributed by atoms with E-state index in [0.717, 1.165) is 5.39 Å². The van der Waals surface area contributed by atoms with Crippen LogP contribution in [-0.2, 0) is 0 Å². The highest BCUT2D eigenvalue weighted by Gasteiger charge is 2.27. The van der Waals surface area contributed by atoms with Gasteiger partial charge >= 0.3 is 0 Å². The fourth-order valence-electron chi connectivity index (χ4n) is 2.70.